The molecule has 0 atom stereocenters. The Morgan fingerprint density at radius 2 is 0.778 bits per heavy atom. The zero-order valence-corrected chi connectivity index (χ0v) is 64.1. The number of nitrogens with one attached hydrogen (secondary N) is 3. The summed E-state index contributed by atoms with van der Waals surface area (Å²) in [5.74, 6) is 0.371. The number of amides is 3. The number of hydrogen-bond acceptors (Lipinski definition) is 16. The summed E-state index contributed by atoms with van der Waals surface area (Å²) in [6.07, 6.45) is 9.61. The van der Waals surface area contributed by atoms with Crippen molar-refractivity contribution in [2.45, 2.75) is 158 Å². The molecule has 99 heavy (non-hydrogen) atoms. The van der Waals surface area contributed by atoms with E-state index in [2.05, 4.69) is 55.5 Å². The molecule has 7 rings (SSSR count). The third-order valence-electron chi connectivity index (χ3n) is 15.0. The molecule has 15 nitrogen and oxygen atoms in total. The van der Waals surface area contributed by atoms with Crippen molar-refractivity contribution in [3.8, 4) is 0 Å². The summed E-state index contributed by atoms with van der Waals surface area (Å²) in [7, 11) is 3.50. The van der Waals surface area contributed by atoms with E-state index < -0.39 is 19.3 Å². The van der Waals surface area contributed by atoms with Crippen LogP contribution in [0.4, 0.5) is 21.9 Å². The first-order chi connectivity index (χ1) is 47.8. The van der Waals surface area contributed by atoms with Gasteiger partial charge in [0.05, 0.1) is 0 Å². The van der Waals surface area contributed by atoms with E-state index in [9.17, 15) is 33.6 Å². The van der Waals surface area contributed by atoms with E-state index >= 15 is 0 Å². The van der Waals surface area contributed by atoms with E-state index in [0.717, 1.165) is 80.5 Å². The van der Waals surface area contributed by atoms with Crippen LogP contribution in [0.1, 0.15) is 171 Å². The minimum atomic E-state index is -2.74. The molecular weight excluding hydrogens is 1380 g/mol. The molecule has 0 fully saturated rings. The van der Waals surface area contributed by atoms with Gasteiger partial charge in [0.25, 0.3) is 16.4 Å². The monoisotopic (exact) mass is 1480 g/mol. The maximum atomic E-state index is 13.0. The number of carbonyl (C=O) groups is 7. The number of nitrogen functional groups attached to an aromatic ring is 1. The minimum Gasteiger partial charge on any atom is -0.399 e. The fraction of sp³-hybridized carbons (Fsp3) is 0.364. The summed E-state index contributed by atoms with van der Waals surface area (Å²) >= 11 is 10.8. The molecule has 0 aliphatic heterocycles. The second kappa shape index (κ2) is 49.1. The van der Waals surface area contributed by atoms with E-state index in [1.165, 1.54) is 19.6 Å². The van der Waals surface area contributed by atoms with Crippen molar-refractivity contribution in [3.05, 3.63) is 209 Å². The Hall–Kier alpha value is -6.53. The van der Waals surface area contributed by atoms with Crippen molar-refractivity contribution in [1.29, 1.82) is 0 Å². The number of unbranched alkanes of at least 4 members (excludes halogenated alkanes) is 4. The van der Waals surface area contributed by atoms with Gasteiger partial charge in [-0.2, -0.15) is 0 Å². The zero-order chi connectivity index (χ0) is 72.2. The second-order valence-electron chi connectivity index (χ2n) is 22.6. The molecule has 0 aromatic heterocycles. The predicted molar refractivity (Wildman–Crippen MR) is 416 cm³/mol. The second-order valence-corrected chi connectivity index (χ2v) is 30.6. The van der Waals surface area contributed by atoms with Crippen LogP contribution in [-0.2, 0) is 42.1 Å². The summed E-state index contributed by atoms with van der Waals surface area (Å²) in [4.78, 5) is 90.3. The quantitative estimate of drug-likeness (QED) is 0.00704. The number of rotatable bonds is 39. The first-order valence-electron chi connectivity index (χ1n) is 33.9. The van der Waals surface area contributed by atoms with Crippen molar-refractivity contribution >= 4 is 132 Å². The van der Waals surface area contributed by atoms with Crippen LogP contribution in [0.15, 0.2) is 189 Å². The summed E-state index contributed by atoms with van der Waals surface area (Å²) in [6, 6.07) is 51.6. The molecule has 7 aromatic rings. The first-order valence-corrected chi connectivity index (χ1v) is 40.9. The molecule has 0 radical (unpaired) electrons. The standard InChI is InChI=1S/C44H55N3O7S2Si.C14H8Cl2O2S2.C13H19NO.C6H15N/c1-5-9-10-12-39(48)31-33-13-21-37(22-14-33)46-43(50)36-19-27-41(28-20-36)56-55-40-25-17-35(18-26-40)42(49)32-34-15-23-38(24-16-34)47-44(51)45-29-11-30-57(52-6-2,53-7-3)54-8-4;15-13(17)9-1-5-11(6-2-9)19-20-12-7-3-10(4-8-12)14(16)18;1-2-3-4-5-13(15)10-11-6-8-12(14)9-7-11;1-4-7(5-2)6-3/h13-28H,5-12,29-32H2,1-4H3,(H,46,50)(H2,45,47,51);1-8H;6-9H,2-5,10,14H2,1H3;4-6H2,1-3H3. The van der Waals surface area contributed by atoms with Gasteiger partial charge in [-0.25, -0.2) is 4.79 Å². The SMILES string of the molecule is CCCCCC(=O)Cc1ccc(N)cc1.CCCCCC(=O)Cc1ccc(NC(=O)c2ccc(SSc3ccc(C(=O)Cc4ccc(NC(=O)NCCC[Si](OCC)(OCC)OCC)cc4)cc3)cc2)cc1.CCN(CC)CC.O=C(Cl)c1ccc(SSc2ccc(C(=O)Cl)cc2)cc1. The molecule has 0 bridgehead atoms. The Bertz CT molecular complexity index is 3440. The lowest BCUT2D eigenvalue weighted by Crippen LogP contribution is -2.46. The number of urea groups is 1. The smallest absolute Gasteiger partial charge is 0.399 e. The Labute approximate surface area is 613 Å². The average molecular weight is 1480 g/mol. The highest BCUT2D eigenvalue weighted by molar-refractivity contribution is 8.77. The maximum absolute atomic E-state index is 13.0. The lowest BCUT2D eigenvalue weighted by Gasteiger charge is -2.28. The van der Waals surface area contributed by atoms with Crippen LogP contribution in [0.3, 0.4) is 0 Å². The van der Waals surface area contributed by atoms with Gasteiger partial charge in [-0.3, -0.25) is 28.8 Å². The molecule has 0 aliphatic rings. The fourth-order valence-corrected chi connectivity index (χ4v) is 16.2. The highest BCUT2D eigenvalue weighted by Gasteiger charge is 2.39. The first kappa shape index (κ1) is 84.9. The molecular formula is C77H97Cl2N5O10S4Si. The van der Waals surface area contributed by atoms with Crippen LogP contribution < -0.4 is 21.7 Å². The van der Waals surface area contributed by atoms with Crippen molar-refractivity contribution < 1.29 is 46.8 Å². The van der Waals surface area contributed by atoms with Gasteiger partial charge in [0.2, 0.25) is 0 Å². The number of Topliss-reactive ketones (excluding diaryl/α,β-unsaturated/α-hetero) is 3. The maximum Gasteiger partial charge on any atom is 0.500 e. The van der Waals surface area contributed by atoms with Gasteiger partial charge in [0.1, 0.15) is 11.6 Å². The lowest BCUT2D eigenvalue weighted by molar-refractivity contribution is -0.119. The van der Waals surface area contributed by atoms with Gasteiger partial charge >= 0.3 is 14.8 Å². The van der Waals surface area contributed by atoms with Crippen LogP contribution >= 0.6 is 66.4 Å². The number of carbonyl (C=O) groups excluding carboxylic acids is 7. The largest absolute Gasteiger partial charge is 0.500 e. The Balaban J connectivity index is 0.000000395. The molecule has 5 N–H and O–H groups in total. The van der Waals surface area contributed by atoms with E-state index in [0.29, 0.717) is 104 Å². The molecule has 0 spiro atoms. The average Bonchev–Trinajstić information content (AvgIpc) is 0.974. The number of hydrogen-bond donors (Lipinski definition) is 4. The van der Waals surface area contributed by atoms with Crippen molar-refractivity contribution in [2.75, 3.05) is 62.4 Å². The van der Waals surface area contributed by atoms with Crippen LogP contribution in [0.5, 0.6) is 0 Å². The number of ketones is 3. The third-order valence-corrected chi connectivity index (χ3v) is 23.4. The Kier molecular flexibility index (Phi) is 42.1. The number of nitrogens with two attached hydrogens (primary N) is 1. The normalized spacial score (nSPS) is 10.8. The van der Waals surface area contributed by atoms with Gasteiger partial charge in [-0.1, -0.05) is 152 Å². The van der Waals surface area contributed by atoms with Crippen LogP contribution in [0.2, 0.25) is 6.04 Å². The predicted octanol–water partition coefficient (Wildman–Crippen LogP) is 20.0. The summed E-state index contributed by atoms with van der Waals surface area (Å²) in [6.45, 7) is 22.1. The minimum absolute atomic E-state index is 0.00107. The van der Waals surface area contributed by atoms with Crippen molar-refractivity contribution in [2.24, 2.45) is 0 Å². The van der Waals surface area contributed by atoms with E-state index in [4.69, 9.17) is 42.2 Å². The molecule has 7 aromatic carbocycles. The molecule has 0 aliphatic carbocycles. The molecule has 532 valence electrons. The molecule has 3 amide bonds. The van der Waals surface area contributed by atoms with Crippen LogP contribution in [0, 0.1) is 0 Å². The topological polar surface area (TPSA) is 213 Å². The van der Waals surface area contributed by atoms with Gasteiger partial charge in [0, 0.05) is 123 Å². The highest BCUT2D eigenvalue weighted by atomic mass is 35.5. The molecule has 0 saturated heterocycles. The van der Waals surface area contributed by atoms with Crippen molar-refractivity contribution in [1.82, 2.24) is 10.2 Å². The van der Waals surface area contributed by atoms with E-state index in [1.807, 2.05) is 142 Å². The third kappa shape index (κ3) is 34.6. The number of anilines is 3. The molecule has 22 heteroatoms. The molecule has 0 heterocycles. The van der Waals surface area contributed by atoms with Gasteiger partial charge < -0.3 is 39.9 Å². The lowest BCUT2D eigenvalue weighted by atomic mass is 10.0. The van der Waals surface area contributed by atoms with Crippen LogP contribution in [0.25, 0.3) is 0 Å². The Morgan fingerprint density at radius 1 is 0.424 bits per heavy atom. The fourth-order valence-electron chi connectivity index (χ4n) is 9.50. The van der Waals surface area contributed by atoms with E-state index in [1.54, 1.807) is 91.7 Å². The summed E-state index contributed by atoms with van der Waals surface area (Å²) in [5, 5.41) is 7.71. The summed E-state index contributed by atoms with van der Waals surface area (Å²) < 4.78 is 17.6. The number of nitrogens with zero attached hydrogens (tertiary/aromatic N) is 1. The van der Waals surface area contributed by atoms with Gasteiger partial charge in [-0.05, 0) is 221 Å². The Morgan fingerprint density at radius 3 is 1.13 bits per heavy atom. The zero-order valence-electron chi connectivity index (χ0n) is 58.3. The van der Waals surface area contributed by atoms with Crippen molar-refractivity contribution in [3.63, 3.8) is 0 Å². The number of halogens is 2. The van der Waals surface area contributed by atoms with E-state index in [-0.39, 0.29) is 29.9 Å². The van der Waals surface area contributed by atoms with Gasteiger partial charge in [-0.15, -0.1) is 0 Å². The van der Waals surface area contributed by atoms with Gasteiger partial charge in [0.15, 0.2) is 5.78 Å². The number of benzene rings is 7. The molecule has 0 saturated carbocycles. The summed E-state index contributed by atoms with van der Waals surface area (Å²) in [5.41, 5.74) is 12.6. The molecule has 0 unspecified atom stereocenters. The van der Waals surface area contributed by atoms with Crippen LogP contribution in [-0.4, -0.2) is 99.5 Å². The highest BCUT2D eigenvalue weighted by Crippen LogP contribution is 2.39.